The SMILES string of the molecule is NC(=O)NCCC(=O)O.[K+]. The topological polar surface area (TPSA) is 92.4 Å². The molecule has 10 heavy (non-hydrogen) atoms. The zero-order valence-corrected chi connectivity index (χ0v) is 8.88. The molecule has 4 N–H and O–H groups in total. The number of carboxylic acids is 1. The summed E-state index contributed by atoms with van der Waals surface area (Å²) >= 11 is 0. The largest absolute Gasteiger partial charge is 1.00 e. The van der Waals surface area contributed by atoms with Gasteiger partial charge in [0.2, 0.25) is 0 Å². The number of carbonyl (C=O) groups excluding carboxylic acids is 1. The van der Waals surface area contributed by atoms with Gasteiger partial charge in [-0.3, -0.25) is 4.79 Å². The molecule has 0 aliphatic rings. The normalized spacial score (nSPS) is 7.60. The van der Waals surface area contributed by atoms with Crippen molar-refractivity contribution >= 4 is 12.0 Å². The van der Waals surface area contributed by atoms with Crippen LogP contribution in [0.1, 0.15) is 6.42 Å². The Hall–Kier alpha value is 0.376. The van der Waals surface area contributed by atoms with E-state index in [1.54, 1.807) is 0 Å². The molecule has 0 aliphatic heterocycles. The van der Waals surface area contributed by atoms with E-state index in [1.165, 1.54) is 0 Å². The van der Waals surface area contributed by atoms with Crippen molar-refractivity contribution in [2.24, 2.45) is 5.73 Å². The number of urea groups is 1. The third kappa shape index (κ3) is 11.2. The molecule has 0 spiro atoms. The predicted octanol–water partition coefficient (Wildman–Crippen LogP) is -3.87. The Morgan fingerprint density at radius 2 is 2.00 bits per heavy atom. The molecule has 0 atom stereocenters. The monoisotopic (exact) mass is 171 g/mol. The van der Waals surface area contributed by atoms with E-state index in [-0.39, 0.29) is 64.4 Å². The molecule has 2 amide bonds. The fourth-order valence-electron chi connectivity index (χ4n) is 0.293. The molecule has 5 nitrogen and oxygen atoms in total. The van der Waals surface area contributed by atoms with Gasteiger partial charge in [0.05, 0.1) is 6.42 Å². The molecule has 0 radical (unpaired) electrons. The van der Waals surface area contributed by atoms with Crippen molar-refractivity contribution in [3.8, 4) is 0 Å². The summed E-state index contributed by atoms with van der Waals surface area (Å²) in [5, 5.41) is 10.2. The number of nitrogens with two attached hydrogens (primary N) is 1. The number of primary amides is 1. The van der Waals surface area contributed by atoms with Gasteiger partial charge in [0.25, 0.3) is 0 Å². The zero-order chi connectivity index (χ0) is 7.28. The van der Waals surface area contributed by atoms with Crippen LogP contribution >= 0.6 is 0 Å². The van der Waals surface area contributed by atoms with Crippen LogP contribution in [0.5, 0.6) is 0 Å². The standard InChI is InChI=1S/C4H8N2O3.K/c5-4(9)6-2-1-3(7)8;/h1-2H2,(H,7,8)(H3,5,6,9);/q;+1. The van der Waals surface area contributed by atoms with Crippen LogP contribution in [-0.4, -0.2) is 23.7 Å². The first-order valence-corrected chi connectivity index (χ1v) is 2.38. The Balaban J connectivity index is 0. The number of nitrogens with one attached hydrogen (secondary N) is 1. The van der Waals surface area contributed by atoms with Gasteiger partial charge in [-0.25, -0.2) is 4.79 Å². The molecular weight excluding hydrogens is 163 g/mol. The van der Waals surface area contributed by atoms with Gasteiger partial charge >= 0.3 is 63.4 Å². The quantitative estimate of drug-likeness (QED) is 0.379. The maximum atomic E-state index is 9.90. The summed E-state index contributed by atoms with van der Waals surface area (Å²) in [7, 11) is 0. The van der Waals surface area contributed by atoms with Crippen molar-refractivity contribution in [2.45, 2.75) is 6.42 Å². The minimum absolute atomic E-state index is 0. The van der Waals surface area contributed by atoms with Crippen molar-refractivity contribution in [1.82, 2.24) is 5.32 Å². The number of amides is 2. The van der Waals surface area contributed by atoms with E-state index < -0.39 is 12.0 Å². The van der Waals surface area contributed by atoms with E-state index in [4.69, 9.17) is 5.11 Å². The zero-order valence-electron chi connectivity index (χ0n) is 5.76. The Morgan fingerprint density at radius 1 is 1.50 bits per heavy atom. The molecule has 0 aromatic heterocycles. The van der Waals surface area contributed by atoms with Gasteiger partial charge in [-0.05, 0) is 0 Å². The molecule has 0 aliphatic carbocycles. The fourth-order valence-corrected chi connectivity index (χ4v) is 0.293. The molecule has 0 saturated carbocycles. The van der Waals surface area contributed by atoms with Crippen molar-refractivity contribution in [2.75, 3.05) is 6.54 Å². The summed E-state index contributed by atoms with van der Waals surface area (Å²) in [4.78, 5) is 19.7. The summed E-state index contributed by atoms with van der Waals surface area (Å²) in [6.45, 7) is 0.0880. The van der Waals surface area contributed by atoms with Crippen LogP contribution in [0.4, 0.5) is 4.79 Å². The number of aliphatic carboxylic acids is 1. The number of rotatable bonds is 3. The first-order valence-electron chi connectivity index (χ1n) is 2.38. The minimum atomic E-state index is -0.955. The molecule has 6 heteroatoms. The predicted molar refractivity (Wildman–Crippen MR) is 29.8 cm³/mol. The summed E-state index contributed by atoms with van der Waals surface area (Å²) in [5.41, 5.74) is 4.64. The van der Waals surface area contributed by atoms with Crippen molar-refractivity contribution in [3.63, 3.8) is 0 Å². The first kappa shape index (κ1) is 13.0. The van der Waals surface area contributed by atoms with E-state index in [0.717, 1.165) is 0 Å². The Kier molecular flexibility index (Phi) is 9.73. The van der Waals surface area contributed by atoms with Crippen LogP contribution in [0.2, 0.25) is 0 Å². The number of carboxylic acid groups (broad SMARTS) is 1. The van der Waals surface area contributed by atoms with Crippen molar-refractivity contribution in [1.29, 1.82) is 0 Å². The van der Waals surface area contributed by atoms with Crippen LogP contribution in [0.3, 0.4) is 0 Å². The molecule has 0 rings (SSSR count). The van der Waals surface area contributed by atoms with E-state index in [0.29, 0.717) is 0 Å². The molecular formula is C4H8KN2O3+. The van der Waals surface area contributed by atoms with Crippen LogP contribution < -0.4 is 62.4 Å². The van der Waals surface area contributed by atoms with E-state index in [9.17, 15) is 9.59 Å². The van der Waals surface area contributed by atoms with Crippen LogP contribution in [0.25, 0.3) is 0 Å². The summed E-state index contributed by atoms with van der Waals surface area (Å²) in [6, 6.07) is -0.698. The summed E-state index contributed by atoms with van der Waals surface area (Å²) < 4.78 is 0. The van der Waals surface area contributed by atoms with Crippen LogP contribution in [-0.2, 0) is 4.79 Å². The second-order valence-electron chi connectivity index (χ2n) is 1.43. The average Bonchev–Trinajstić information content (AvgIpc) is 1.63. The van der Waals surface area contributed by atoms with Gasteiger partial charge in [-0.2, -0.15) is 0 Å². The van der Waals surface area contributed by atoms with Crippen LogP contribution in [0.15, 0.2) is 0 Å². The molecule has 0 fully saturated rings. The maximum Gasteiger partial charge on any atom is 1.00 e. The summed E-state index contributed by atoms with van der Waals surface area (Å²) in [6.07, 6.45) is -0.0943. The van der Waals surface area contributed by atoms with E-state index in [2.05, 4.69) is 11.1 Å². The third-order valence-corrected chi connectivity index (χ3v) is 0.638. The Bertz CT molecular complexity index is 114. The second-order valence-corrected chi connectivity index (χ2v) is 1.43. The average molecular weight is 171 g/mol. The molecule has 52 valence electrons. The van der Waals surface area contributed by atoms with Gasteiger partial charge in [0.15, 0.2) is 0 Å². The molecule has 0 aromatic carbocycles. The van der Waals surface area contributed by atoms with E-state index >= 15 is 0 Å². The van der Waals surface area contributed by atoms with Crippen molar-refractivity contribution < 1.29 is 66.1 Å². The maximum absolute atomic E-state index is 9.90. The number of hydrogen-bond acceptors (Lipinski definition) is 2. The molecule has 0 saturated heterocycles. The summed E-state index contributed by atoms with van der Waals surface area (Å²) in [5.74, 6) is -0.955. The molecule has 0 aromatic rings. The van der Waals surface area contributed by atoms with Gasteiger partial charge in [-0.15, -0.1) is 0 Å². The Labute approximate surface area is 101 Å². The molecule has 0 bridgehead atoms. The van der Waals surface area contributed by atoms with Crippen molar-refractivity contribution in [3.05, 3.63) is 0 Å². The number of carbonyl (C=O) groups is 2. The second kappa shape index (κ2) is 7.48. The number of hydrogen-bond donors (Lipinski definition) is 3. The van der Waals surface area contributed by atoms with Gasteiger partial charge < -0.3 is 16.2 Å². The molecule has 0 heterocycles. The minimum Gasteiger partial charge on any atom is -0.481 e. The van der Waals surface area contributed by atoms with Gasteiger partial charge in [-0.1, -0.05) is 0 Å². The fraction of sp³-hybridized carbons (Fsp3) is 0.500. The first-order chi connectivity index (χ1) is 4.13. The van der Waals surface area contributed by atoms with E-state index in [1.807, 2.05) is 0 Å². The van der Waals surface area contributed by atoms with Crippen LogP contribution in [0, 0.1) is 0 Å². The third-order valence-electron chi connectivity index (χ3n) is 0.638. The van der Waals surface area contributed by atoms with Gasteiger partial charge in [0, 0.05) is 6.54 Å². The van der Waals surface area contributed by atoms with Gasteiger partial charge in [0.1, 0.15) is 0 Å². The smallest absolute Gasteiger partial charge is 0.481 e. The Morgan fingerprint density at radius 3 is 2.30 bits per heavy atom. The molecule has 0 unspecified atom stereocenters.